The maximum Gasteiger partial charge on any atom is 0.123 e. The Bertz CT molecular complexity index is 664. The predicted molar refractivity (Wildman–Crippen MR) is 86.7 cm³/mol. The van der Waals surface area contributed by atoms with Gasteiger partial charge < -0.3 is 10.5 Å². The van der Waals surface area contributed by atoms with Crippen LogP contribution in [0.25, 0.3) is 0 Å². The summed E-state index contributed by atoms with van der Waals surface area (Å²) in [6.07, 6.45) is 0. The van der Waals surface area contributed by atoms with E-state index in [1.54, 1.807) is 37.4 Å². The van der Waals surface area contributed by atoms with Crippen LogP contribution in [0.2, 0.25) is 5.02 Å². The highest BCUT2D eigenvalue weighted by Gasteiger charge is 2.13. The van der Waals surface area contributed by atoms with E-state index in [2.05, 4.69) is 15.9 Å². The molecule has 0 heterocycles. The lowest BCUT2D eigenvalue weighted by molar-refractivity contribution is 0.411. The molecule has 0 amide bonds. The normalized spacial score (nSPS) is 12.2. The van der Waals surface area contributed by atoms with Gasteiger partial charge in [-0.2, -0.15) is 0 Å². The van der Waals surface area contributed by atoms with E-state index in [0.29, 0.717) is 27.1 Å². The van der Waals surface area contributed by atoms with Gasteiger partial charge in [-0.15, -0.1) is 0 Å². The highest BCUT2D eigenvalue weighted by molar-refractivity contribution is 9.10. The summed E-state index contributed by atoms with van der Waals surface area (Å²) in [6.45, 7) is 0. The van der Waals surface area contributed by atoms with Crippen molar-refractivity contribution in [3.05, 3.63) is 51.5 Å². The fourth-order valence-corrected chi connectivity index (χ4v) is 3.58. The molecule has 0 saturated heterocycles. The summed E-state index contributed by atoms with van der Waals surface area (Å²) in [4.78, 5) is 0.607. The number of nitrogens with two attached hydrogens (primary N) is 1. The van der Waals surface area contributed by atoms with Crippen LogP contribution in [0.3, 0.4) is 0 Å². The molecule has 1 unspecified atom stereocenters. The lowest BCUT2D eigenvalue weighted by atomic mass is 10.2. The summed E-state index contributed by atoms with van der Waals surface area (Å²) >= 11 is 9.30. The fraction of sp³-hybridized carbons (Fsp3) is 0.143. The second-order valence-electron chi connectivity index (χ2n) is 4.13. The van der Waals surface area contributed by atoms with E-state index in [0.717, 1.165) is 10.0 Å². The molecular weight excluding hydrogens is 362 g/mol. The van der Waals surface area contributed by atoms with Crippen molar-refractivity contribution in [3.8, 4) is 5.75 Å². The highest BCUT2D eigenvalue weighted by atomic mass is 79.9. The number of halogens is 2. The summed E-state index contributed by atoms with van der Waals surface area (Å²) < 4.78 is 18.6. The average molecular weight is 375 g/mol. The van der Waals surface area contributed by atoms with Gasteiger partial charge in [-0.3, -0.25) is 4.21 Å². The zero-order valence-electron chi connectivity index (χ0n) is 10.7. The van der Waals surface area contributed by atoms with Crippen LogP contribution in [0.1, 0.15) is 5.56 Å². The fourth-order valence-electron chi connectivity index (χ4n) is 1.81. The Morgan fingerprint density at radius 1 is 1.30 bits per heavy atom. The Morgan fingerprint density at radius 2 is 2.05 bits per heavy atom. The third kappa shape index (κ3) is 3.53. The second kappa shape index (κ2) is 6.61. The maximum absolute atomic E-state index is 12.4. The van der Waals surface area contributed by atoms with Crippen molar-refractivity contribution >= 4 is 44.0 Å². The monoisotopic (exact) mass is 373 g/mol. The molecule has 0 aliphatic rings. The summed E-state index contributed by atoms with van der Waals surface area (Å²) in [7, 11) is 0.314. The van der Waals surface area contributed by atoms with Crippen molar-refractivity contribution in [2.75, 3.05) is 12.8 Å². The van der Waals surface area contributed by atoms with Gasteiger partial charge in [0.1, 0.15) is 5.75 Å². The van der Waals surface area contributed by atoms with Crippen LogP contribution in [-0.4, -0.2) is 11.3 Å². The SMILES string of the molecule is COc1ccc(Cl)cc1CS(=O)c1ccc(Br)cc1N. The maximum atomic E-state index is 12.4. The first kappa shape index (κ1) is 15.4. The molecule has 3 nitrogen and oxygen atoms in total. The van der Waals surface area contributed by atoms with Crippen LogP contribution in [0, 0.1) is 0 Å². The molecular formula is C14H13BrClNO2S. The van der Waals surface area contributed by atoms with Gasteiger partial charge in [0.2, 0.25) is 0 Å². The molecule has 2 rings (SSSR count). The highest BCUT2D eigenvalue weighted by Crippen LogP contribution is 2.28. The van der Waals surface area contributed by atoms with E-state index < -0.39 is 10.8 Å². The number of anilines is 1. The van der Waals surface area contributed by atoms with Crippen molar-refractivity contribution in [2.24, 2.45) is 0 Å². The van der Waals surface area contributed by atoms with E-state index in [1.165, 1.54) is 0 Å². The van der Waals surface area contributed by atoms with Gasteiger partial charge >= 0.3 is 0 Å². The Morgan fingerprint density at radius 3 is 2.70 bits per heavy atom. The van der Waals surface area contributed by atoms with Crippen LogP contribution >= 0.6 is 27.5 Å². The largest absolute Gasteiger partial charge is 0.496 e. The number of ether oxygens (including phenoxy) is 1. The molecule has 2 N–H and O–H groups in total. The van der Waals surface area contributed by atoms with Gasteiger partial charge in [-0.25, -0.2) is 0 Å². The Kier molecular flexibility index (Phi) is 5.07. The molecule has 0 spiro atoms. The summed E-state index contributed by atoms with van der Waals surface area (Å²) in [5.41, 5.74) is 7.19. The van der Waals surface area contributed by atoms with Gasteiger partial charge in [0, 0.05) is 20.7 Å². The van der Waals surface area contributed by atoms with Gasteiger partial charge in [-0.05, 0) is 36.4 Å². The third-order valence-corrected chi connectivity index (χ3v) is 4.91. The Labute approximate surface area is 133 Å². The Balaban J connectivity index is 2.30. The van der Waals surface area contributed by atoms with Gasteiger partial charge in [0.15, 0.2) is 0 Å². The third-order valence-electron chi connectivity index (χ3n) is 2.75. The minimum Gasteiger partial charge on any atom is -0.496 e. The molecule has 1 atom stereocenters. The average Bonchev–Trinajstić information content (AvgIpc) is 2.38. The topological polar surface area (TPSA) is 52.3 Å². The number of benzene rings is 2. The van der Waals surface area contributed by atoms with Crippen LogP contribution in [0.5, 0.6) is 5.75 Å². The van der Waals surface area contributed by atoms with Gasteiger partial charge in [-0.1, -0.05) is 27.5 Å². The smallest absolute Gasteiger partial charge is 0.123 e. The molecule has 6 heteroatoms. The minimum absolute atomic E-state index is 0.301. The zero-order valence-corrected chi connectivity index (χ0v) is 13.9. The van der Waals surface area contributed by atoms with Crippen molar-refractivity contribution in [1.29, 1.82) is 0 Å². The van der Waals surface area contributed by atoms with E-state index in [9.17, 15) is 4.21 Å². The van der Waals surface area contributed by atoms with Crippen LogP contribution in [0.15, 0.2) is 45.8 Å². The van der Waals surface area contributed by atoms with E-state index >= 15 is 0 Å². The molecule has 106 valence electrons. The molecule has 2 aromatic carbocycles. The first-order chi connectivity index (χ1) is 9.51. The molecule has 2 aromatic rings. The van der Waals surface area contributed by atoms with Crippen molar-refractivity contribution in [3.63, 3.8) is 0 Å². The standard InChI is InChI=1S/C14H13BrClNO2S/c1-19-13-4-3-11(16)6-9(13)8-20(18)14-5-2-10(15)7-12(14)17/h2-7H,8,17H2,1H3. The lowest BCUT2D eigenvalue weighted by Crippen LogP contribution is -2.02. The molecule has 0 fully saturated rings. The molecule has 0 bridgehead atoms. The van der Waals surface area contributed by atoms with Crippen molar-refractivity contribution in [1.82, 2.24) is 0 Å². The summed E-state index contributed by atoms with van der Waals surface area (Å²) in [5, 5.41) is 0.585. The second-order valence-corrected chi connectivity index (χ2v) is 6.90. The zero-order chi connectivity index (χ0) is 14.7. The molecule has 0 saturated carbocycles. The minimum atomic E-state index is -1.26. The number of methoxy groups -OCH3 is 1. The Hall–Kier alpha value is -1.04. The van der Waals surface area contributed by atoms with Crippen LogP contribution in [-0.2, 0) is 16.6 Å². The first-order valence-electron chi connectivity index (χ1n) is 5.77. The first-order valence-corrected chi connectivity index (χ1v) is 8.26. The number of nitrogen functional groups attached to an aromatic ring is 1. The van der Waals surface area contributed by atoms with E-state index in [1.807, 2.05) is 6.07 Å². The molecule has 0 aliphatic carbocycles. The molecule has 20 heavy (non-hydrogen) atoms. The molecule has 0 aliphatic heterocycles. The van der Waals surface area contributed by atoms with Crippen molar-refractivity contribution < 1.29 is 8.95 Å². The van der Waals surface area contributed by atoms with Gasteiger partial charge in [0.05, 0.1) is 28.6 Å². The molecule has 0 radical (unpaired) electrons. The lowest BCUT2D eigenvalue weighted by Gasteiger charge is -2.10. The predicted octanol–water partition coefficient (Wildman–Crippen LogP) is 4.00. The molecule has 0 aromatic heterocycles. The van der Waals surface area contributed by atoms with Crippen molar-refractivity contribution in [2.45, 2.75) is 10.6 Å². The quantitative estimate of drug-likeness (QED) is 0.823. The van der Waals surface area contributed by atoms with E-state index in [4.69, 9.17) is 22.1 Å². The summed E-state index contributed by atoms with van der Waals surface area (Å²) in [6, 6.07) is 10.6. The number of hydrogen-bond donors (Lipinski definition) is 1. The summed E-state index contributed by atoms with van der Waals surface area (Å²) in [5.74, 6) is 0.966. The van der Waals surface area contributed by atoms with Crippen LogP contribution in [0.4, 0.5) is 5.69 Å². The van der Waals surface area contributed by atoms with E-state index in [-0.39, 0.29) is 0 Å². The number of hydrogen-bond acceptors (Lipinski definition) is 3. The van der Waals surface area contributed by atoms with Crippen LogP contribution < -0.4 is 10.5 Å². The van der Waals surface area contributed by atoms with Gasteiger partial charge in [0.25, 0.3) is 0 Å². The number of rotatable bonds is 4.